The maximum absolute atomic E-state index is 13.8. The number of esters is 5. The molecule has 3 N–H and O–H groups in total. The molecule has 18 nitrogen and oxygen atoms in total. The van der Waals surface area contributed by atoms with Crippen LogP contribution in [0.25, 0.3) is 0 Å². The highest BCUT2D eigenvalue weighted by atomic mass is 16.7. The zero-order chi connectivity index (χ0) is 49.9. The molecule has 6 aliphatic rings. The number of methoxy groups -OCH3 is 1. The Bertz CT molecular complexity index is 2020. The number of carbonyl (C=O) groups excluding carboxylic acids is 5. The minimum absolute atomic E-state index is 0.0702. The number of aliphatic hydroxyl groups is 3. The first-order chi connectivity index (χ1) is 32.7. The number of hydrogen-bond donors (Lipinski definition) is 3. The van der Waals surface area contributed by atoms with Gasteiger partial charge >= 0.3 is 29.8 Å². The monoisotopic (exact) mass is 972 g/mol. The van der Waals surface area contributed by atoms with Crippen molar-refractivity contribution in [2.24, 2.45) is 40.4 Å². The summed E-state index contributed by atoms with van der Waals surface area (Å²) in [6, 6.07) is 6.04. The molecule has 1 aromatic carbocycles. The second-order valence-corrected chi connectivity index (χ2v) is 20.7. The van der Waals surface area contributed by atoms with E-state index in [9.17, 15) is 39.3 Å². The molecule has 4 aliphatic carbocycles. The van der Waals surface area contributed by atoms with Crippen LogP contribution in [0.15, 0.2) is 35.9 Å². The molecule has 18 atom stereocenters. The first-order valence-corrected chi connectivity index (χ1v) is 24.5. The van der Waals surface area contributed by atoms with Crippen LogP contribution in [0.5, 0.6) is 5.75 Å². The van der Waals surface area contributed by atoms with E-state index in [4.69, 9.17) is 47.4 Å². The van der Waals surface area contributed by atoms with E-state index in [1.54, 1.807) is 12.1 Å². The number of rotatable bonds is 16. The number of aliphatic hydroxyl groups excluding tert-OH is 3. The van der Waals surface area contributed by atoms with Crippen LogP contribution in [0.3, 0.4) is 0 Å². The van der Waals surface area contributed by atoms with Crippen molar-refractivity contribution >= 4 is 29.8 Å². The topological polar surface area (TPSA) is 238 Å². The third-order valence-electron chi connectivity index (χ3n) is 16.0. The number of fused-ring (bicyclic) bond motifs is 5. The Kier molecular flexibility index (Phi) is 16.8. The fraction of sp³-hybridized carbons (Fsp3) is 0.745. The van der Waals surface area contributed by atoms with Gasteiger partial charge in [0.2, 0.25) is 0 Å². The van der Waals surface area contributed by atoms with Gasteiger partial charge < -0.3 is 62.7 Å². The summed E-state index contributed by atoms with van der Waals surface area (Å²) in [5, 5.41) is 33.1. The Morgan fingerprint density at radius 2 is 1.49 bits per heavy atom. The Labute approximate surface area is 403 Å². The van der Waals surface area contributed by atoms with Gasteiger partial charge in [-0.25, -0.2) is 4.79 Å². The zero-order valence-electron chi connectivity index (χ0n) is 41.1. The summed E-state index contributed by atoms with van der Waals surface area (Å²) in [5.74, 6) is -1.81. The first kappa shape index (κ1) is 52.6. The molecule has 2 aliphatic heterocycles. The van der Waals surface area contributed by atoms with E-state index in [0.717, 1.165) is 38.5 Å². The minimum Gasteiger partial charge on any atom is -0.497 e. The number of carbonyl (C=O) groups is 5. The molecule has 69 heavy (non-hydrogen) atoms. The fourth-order valence-electron chi connectivity index (χ4n) is 12.6. The second-order valence-electron chi connectivity index (χ2n) is 20.7. The van der Waals surface area contributed by atoms with Crippen LogP contribution in [-0.2, 0) is 61.8 Å². The lowest BCUT2D eigenvalue weighted by molar-refractivity contribution is -0.341. The van der Waals surface area contributed by atoms with Gasteiger partial charge in [-0.1, -0.05) is 32.4 Å². The Balaban J connectivity index is 1.12. The van der Waals surface area contributed by atoms with Crippen LogP contribution in [-0.4, -0.2) is 140 Å². The molecule has 18 heteroatoms. The van der Waals surface area contributed by atoms with Crippen molar-refractivity contribution in [2.45, 2.75) is 174 Å². The van der Waals surface area contributed by atoms with Gasteiger partial charge in [0.05, 0.1) is 38.6 Å². The predicted molar refractivity (Wildman–Crippen MR) is 242 cm³/mol. The van der Waals surface area contributed by atoms with Gasteiger partial charge in [-0.05, 0) is 111 Å². The van der Waals surface area contributed by atoms with Crippen molar-refractivity contribution < 1.29 is 86.7 Å². The van der Waals surface area contributed by atoms with E-state index in [1.807, 2.05) is 13.8 Å². The third kappa shape index (κ3) is 11.6. The summed E-state index contributed by atoms with van der Waals surface area (Å²) in [6.45, 7) is 11.8. The summed E-state index contributed by atoms with van der Waals surface area (Å²) in [5.41, 5.74) is 1.000. The molecular weight excluding hydrogens is 901 g/mol. The van der Waals surface area contributed by atoms with Crippen LogP contribution in [0.4, 0.5) is 0 Å². The van der Waals surface area contributed by atoms with Crippen LogP contribution in [0.2, 0.25) is 0 Å². The second kappa shape index (κ2) is 22.1. The maximum atomic E-state index is 13.8. The largest absolute Gasteiger partial charge is 0.497 e. The maximum Gasteiger partial charge on any atom is 0.338 e. The minimum atomic E-state index is -1.66. The molecule has 2 heterocycles. The van der Waals surface area contributed by atoms with E-state index in [2.05, 4.69) is 19.9 Å². The van der Waals surface area contributed by atoms with Crippen molar-refractivity contribution in [2.75, 3.05) is 26.9 Å². The van der Waals surface area contributed by atoms with Crippen LogP contribution >= 0.6 is 0 Å². The summed E-state index contributed by atoms with van der Waals surface area (Å²) in [7, 11) is 1.48. The van der Waals surface area contributed by atoms with Gasteiger partial charge in [-0.15, -0.1) is 0 Å². The number of ether oxygens (including phenoxy) is 10. The highest BCUT2D eigenvalue weighted by Crippen LogP contribution is 2.67. The Morgan fingerprint density at radius 3 is 2.17 bits per heavy atom. The zero-order valence-corrected chi connectivity index (χ0v) is 41.1. The van der Waals surface area contributed by atoms with E-state index in [0.29, 0.717) is 24.5 Å². The normalized spacial score (nSPS) is 38.1. The first-order valence-electron chi connectivity index (χ1n) is 24.5. The van der Waals surface area contributed by atoms with Gasteiger partial charge in [0.15, 0.2) is 24.8 Å². The molecule has 3 saturated carbocycles. The summed E-state index contributed by atoms with van der Waals surface area (Å²) in [6.07, 6.45) is -4.69. The lowest BCUT2D eigenvalue weighted by Crippen LogP contribution is -2.62. The Morgan fingerprint density at radius 1 is 0.797 bits per heavy atom. The molecule has 0 spiro atoms. The van der Waals surface area contributed by atoms with E-state index in [-0.39, 0.29) is 83.7 Å². The van der Waals surface area contributed by atoms with Crippen LogP contribution < -0.4 is 4.74 Å². The van der Waals surface area contributed by atoms with Crippen molar-refractivity contribution in [3.05, 3.63) is 41.5 Å². The molecular formula is C51H72O18. The quantitative estimate of drug-likeness (QED) is 0.115. The summed E-state index contributed by atoms with van der Waals surface area (Å²) < 4.78 is 59.0. The van der Waals surface area contributed by atoms with Gasteiger partial charge in [0.25, 0.3) is 0 Å². The van der Waals surface area contributed by atoms with Crippen LogP contribution in [0.1, 0.15) is 117 Å². The highest BCUT2D eigenvalue weighted by molar-refractivity contribution is 5.89. The van der Waals surface area contributed by atoms with Crippen molar-refractivity contribution in [1.29, 1.82) is 0 Å². The van der Waals surface area contributed by atoms with E-state index >= 15 is 0 Å². The lowest BCUT2D eigenvalue weighted by atomic mass is 9.47. The summed E-state index contributed by atoms with van der Waals surface area (Å²) >= 11 is 0. The third-order valence-corrected chi connectivity index (χ3v) is 16.0. The van der Waals surface area contributed by atoms with Gasteiger partial charge in [0.1, 0.15) is 42.4 Å². The lowest BCUT2D eigenvalue weighted by Gasteiger charge is -2.58. The molecule has 0 bridgehead atoms. The molecule has 5 fully saturated rings. The molecule has 2 saturated heterocycles. The van der Waals surface area contributed by atoms with E-state index < -0.39 is 80.0 Å². The van der Waals surface area contributed by atoms with Crippen molar-refractivity contribution in [3.8, 4) is 5.75 Å². The molecule has 0 radical (unpaired) electrons. The average Bonchev–Trinajstić information content (AvgIpc) is 3.60. The SMILES string of the molecule is COc1ccc(C(=O)O[C@H]2[C@H](O[C@@H]3[C@@H](OC(C)=O)[C@H](O[C@@H](C)[C@H]4[C@@H](OC(=O)CC[C@@H](C)COC(C)=O)C[C@H]5[C@@H]6CC=C7C[C@@H](OC(C)=O)CC[C@]7(C)[C@H]6CC[C@]45C)OC[C@@H]3O)OC[C@@H](O)[C@@H]2O)cc1. The smallest absolute Gasteiger partial charge is 0.338 e. The van der Waals surface area contributed by atoms with E-state index in [1.165, 1.54) is 45.6 Å². The summed E-state index contributed by atoms with van der Waals surface area (Å²) in [4.78, 5) is 63.3. The predicted octanol–water partition coefficient (Wildman–Crippen LogP) is 4.75. The number of benzene rings is 1. The molecule has 1 aromatic rings. The molecule has 7 rings (SSSR count). The molecule has 0 unspecified atom stereocenters. The van der Waals surface area contributed by atoms with Crippen LogP contribution in [0, 0.1) is 40.4 Å². The Hall–Kier alpha value is -4.17. The highest BCUT2D eigenvalue weighted by Gasteiger charge is 2.64. The molecule has 384 valence electrons. The fourth-order valence-corrected chi connectivity index (χ4v) is 12.6. The average molecular weight is 973 g/mol. The van der Waals surface area contributed by atoms with Gasteiger partial charge in [0, 0.05) is 39.5 Å². The standard InChI is InChI=1S/C51H72O18/c1-26(23-61-28(3)52)9-16-41(57)67-40-22-37-35-15-12-32-21-34(65-29(4)53)17-19-50(32,6)36(35)18-20-51(37,7)42(40)27(2)64-49-46(66-30(5)54)44(39(56)25-63-49)69-48-45(43(58)38(55)24-62-48)68-47(59)31-10-13-33(60-8)14-11-31/h10-14,26-27,34-40,42-46,48-49,55-56,58H,9,15-25H2,1-8H3/t26-,27+,34+,35-,36+,37+,38-,39+,40+,42+,43+,44+,45-,46-,48+,49+,50+,51+/m1/s1. The van der Waals surface area contributed by atoms with Crippen molar-refractivity contribution in [1.82, 2.24) is 0 Å². The van der Waals surface area contributed by atoms with Gasteiger partial charge in [-0.2, -0.15) is 0 Å². The number of hydrogen-bond acceptors (Lipinski definition) is 18. The van der Waals surface area contributed by atoms with Gasteiger partial charge in [-0.3, -0.25) is 19.2 Å². The molecule has 0 amide bonds. The number of allylic oxidation sites excluding steroid dienone is 1. The molecule has 0 aromatic heterocycles. The van der Waals surface area contributed by atoms with Crippen molar-refractivity contribution in [3.63, 3.8) is 0 Å².